The molecule has 2 N–H and O–H groups in total. The summed E-state index contributed by atoms with van der Waals surface area (Å²) in [6, 6.07) is -0.841. The summed E-state index contributed by atoms with van der Waals surface area (Å²) in [6.45, 7) is 0.0429. The maximum absolute atomic E-state index is 12.3. The summed E-state index contributed by atoms with van der Waals surface area (Å²) in [6.07, 6.45) is -3.19. The first-order valence-electron chi connectivity index (χ1n) is 7.17. The molecule has 2 heterocycles. The molecule has 2 aliphatic heterocycles. The Bertz CT molecular complexity index is 509. The molecule has 6 nitrogen and oxygen atoms in total. The van der Waals surface area contributed by atoms with E-state index in [1.54, 1.807) is 0 Å². The van der Waals surface area contributed by atoms with Crippen molar-refractivity contribution < 1.29 is 26.4 Å². The fourth-order valence-corrected chi connectivity index (χ4v) is 4.53. The van der Waals surface area contributed by atoms with E-state index in [-0.39, 0.29) is 23.5 Å². The Labute approximate surface area is 127 Å². The smallest absolute Gasteiger partial charge is 0.338 e. The first-order chi connectivity index (χ1) is 10.1. The number of hydrogen-bond donors (Lipinski definition) is 2. The van der Waals surface area contributed by atoms with Crippen molar-refractivity contribution >= 4 is 15.9 Å². The summed E-state index contributed by atoms with van der Waals surface area (Å²) in [4.78, 5) is 13.0. The van der Waals surface area contributed by atoms with Crippen LogP contribution < -0.4 is 10.6 Å². The average Bonchev–Trinajstić information content (AvgIpc) is 2.91. The Morgan fingerprint density at radius 3 is 2.59 bits per heavy atom. The fraction of sp³-hybridized carbons (Fsp3) is 0.917. The van der Waals surface area contributed by atoms with Gasteiger partial charge in [0.1, 0.15) is 0 Å². The van der Waals surface area contributed by atoms with Gasteiger partial charge in [-0.3, -0.25) is 4.90 Å². The lowest BCUT2D eigenvalue weighted by Crippen LogP contribution is -2.44. The molecule has 2 amide bonds. The molecule has 10 heteroatoms. The molecule has 0 unspecified atom stereocenters. The number of amides is 2. The van der Waals surface area contributed by atoms with Gasteiger partial charge in [0, 0.05) is 19.1 Å². The van der Waals surface area contributed by atoms with Crippen LogP contribution in [0.3, 0.4) is 0 Å². The second-order valence-corrected chi connectivity index (χ2v) is 8.19. The highest BCUT2D eigenvalue weighted by Crippen LogP contribution is 2.22. The summed E-state index contributed by atoms with van der Waals surface area (Å²) >= 11 is 0. The lowest BCUT2D eigenvalue weighted by Gasteiger charge is -2.18. The van der Waals surface area contributed by atoms with Crippen LogP contribution in [0, 0.1) is 5.92 Å². The van der Waals surface area contributed by atoms with Crippen molar-refractivity contribution in [2.45, 2.75) is 25.1 Å². The Morgan fingerprint density at radius 1 is 1.27 bits per heavy atom. The zero-order valence-corrected chi connectivity index (χ0v) is 12.8. The molecule has 2 atom stereocenters. The molecular weight excluding hydrogens is 323 g/mol. The molecule has 0 aromatic carbocycles. The number of halogens is 3. The SMILES string of the molecule is O=C(NC[C@H]1CCN(CC(F)(F)F)C1)N[C@@H]1CCS(=O)(=O)C1. The normalized spacial score (nSPS) is 28.7. The van der Waals surface area contributed by atoms with Crippen LogP contribution >= 0.6 is 0 Å². The van der Waals surface area contributed by atoms with E-state index in [0.717, 1.165) is 0 Å². The van der Waals surface area contributed by atoms with Crippen molar-refractivity contribution in [3.8, 4) is 0 Å². The maximum atomic E-state index is 12.3. The minimum Gasteiger partial charge on any atom is -0.338 e. The van der Waals surface area contributed by atoms with Crippen LogP contribution in [-0.4, -0.2) is 69.3 Å². The number of urea groups is 1. The largest absolute Gasteiger partial charge is 0.401 e. The van der Waals surface area contributed by atoms with Crippen LogP contribution in [0.25, 0.3) is 0 Å². The summed E-state index contributed by atoms with van der Waals surface area (Å²) in [7, 11) is -3.05. The number of sulfone groups is 1. The maximum Gasteiger partial charge on any atom is 0.401 e. The standard InChI is InChI=1S/C12H20F3N3O3S/c13-12(14,15)8-18-3-1-9(6-18)5-16-11(19)17-10-2-4-22(20,21)7-10/h9-10H,1-8H2,(H2,16,17,19)/t9-,10-/m1/s1. The molecule has 2 fully saturated rings. The van der Waals surface area contributed by atoms with E-state index in [2.05, 4.69) is 10.6 Å². The van der Waals surface area contributed by atoms with Gasteiger partial charge in [-0.15, -0.1) is 0 Å². The van der Waals surface area contributed by atoms with Crippen molar-refractivity contribution in [3.05, 3.63) is 0 Å². The van der Waals surface area contributed by atoms with Crippen LogP contribution in [0.4, 0.5) is 18.0 Å². The van der Waals surface area contributed by atoms with Crippen molar-refractivity contribution in [2.24, 2.45) is 5.92 Å². The van der Waals surface area contributed by atoms with Gasteiger partial charge in [0.05, 0.1) is 18.1 Å². The zero-order valence-electron chi connectivity index (χ0n) is 12.0. The monoisotopic (exact) mass is 343 g/mol. The van der Waals surface area contributed by atoms with Gasteiger partial charge in [0.25, 0.3) is 0 Å². The van der Waals surface area contributed by atoms with Crippen molar-refractivity contribution in [1.82, 2.24) is 15.5 Å². The van der Waals surface area contributed by atoms with Crippen molar-refractivity contribution in [3.63, 3.8) is 0 Å². The van der Waals surface area contributed by atoms with Crippen molar-refractivity contribution in [2.75, 3.05) is 37.7 Å². The average molecular weight is 343 g/mol. The van der Waals surface area contributed by atoms with Gasteiger partial charge in [-0.25, -0.2) is 13.2 Å². The highest BCUT2D eigenvalue weighted by atomic mass is 32.2. The Morgan fingerprint density at radius 2 is 2.00 bits per heavy atom. The van der Waals surface area contributed by atoms with Gasteiger partial charge < -0.3 is 10.6 Å². The Hall–Kier alpha value is -1.03. The van der Waals surface area contributed by atoms with Gasteiger partial charge in [-0.2, -0.15) is 13.2 Å². The number of alkyl halides is 3. The van der Waals surface area contributed by atoms with Crippen LogP contribution in [0.15, 0.2) is 0 Å². The lowest BCUT2D eigenvalue weighted by atomic mass is 10.1. The molecule has 0 saturated carbocycles. The van der Waals surface area contributed by atoms with E-state index in [1.807, 2.05) is 0 Å². The van der Waals surface area contributed by atoms with E-state index in [1.165, 1.54) is 4.90 Å². The molecular formula is C12H20F3N3O3S. The minimum absolute atomic E-state index is 0.0135. The van der Waals surface area contributed by atoms with Gasteiger partial charge >= 0.3 is 12.2 Å². The van der Waals surface area contributed by atoms with Crippen LogP contribution in [0.2, 0.25) is 0 Å². The lowest BCUT2D eigenvalue weighted by molar-refractivity contribution is -0.143. The number of hydrogen-bond acceptors (Lipinski definition) is 4. The second-order valence-electron chi connectivity index (χ2n) is 5.96. The fourth-order valence-electron chi connectivity index (χ4n) is 2.86. The van der Waals surface area contributed by atoms with Crippen LogP contribution in [-0.2, 0) is 9.84 Å². The second kappa shape index (κ2) is 6.61. The topological polar surface area (TPSA) is 78.5 Å². The molecule has 2 aliphatic rings. The van der Waals surface area contributed by atoms with Crippen LogP contribution in [0.1, 0.15) is 12.8 Å². The molecule has 0 aromatic heterocycles. The molecule has 22 heavy (non-hydrogen) atoms. The molecule has 128 valence electrons. The predicted octanol–water partition coefficient (Wildman–Crippen LogP) is 0.357. The van der Waals surface area contributed by atoms with E-state index in [4.69, 9.17) is 0 Å². The first kappa shape index (κ1) is 17.3. The number of carbonyl (C=O) groups is 1. The van der Waals surface area contributed by atoms with E-state index in [9.17, 15) is 26.4 Å². The molecule has 0 radical (unpaired) electrons. The highest BCUT2D eigenvalue weighted by Gasteiger charge is 2.34. The summed E-state index contributed by atoms with van der Waals surface area (Å²) in [5, 5.41) is 5.19. The third-order valence-corrected chi connectivity index (χ3v) is 5.66. The number of likely N-dealkylation sites (tertiary alicyclic amines) is 1. The minimum atomic E-state index is -4.20. The van der Waals surface area contributed by atoms with Gasteiger partial charge in [0.15, 0.2) is 9.84 Å². The van der Waals surface area contributed by atoms with Gasteiger partial charge in [-0.05, 0) is 25.3 Å². The van der Waals surface area contributed by atoms with E-state index < -0.39 is 28.6 Å². The predicted molar refractivity (Wildman–Crippen MR) is 74.2 cm³/mol. The zero-order chi connectivity index (χ0) is 16.4. The number of carbonyl (C=O) groups excluding carboxylic acids is 1. The highest BCUT2D eigenvalue weighted by molar-refractivity contribution is 7.91. The van der Waals surface area contributed by atoms with Crippen molar-refractivity contribution in [1.29, 1.82) is 0 Å². The van der Waals surface area contributed by atoms with Gasteiger partial charge in [0.2, 0.25) is 0 Å². The molecule has 0 aliphatic carbocycles. The molecule has 0 bridgehead atoms. The first-order valence-corrected chi connectivity index (χ1v) is 8.99. The van der Waals surface area contributed by atoms with E-state index in [0.29, 0.717) is 32.5 Å². The number of rotatable bonds is 4. The van der Waals surface area contributed by atoms with Crippen LogP contribution in [0.5, 0.6) is 0 Å². The van der Waals surface area contributed by atoms with Gasteiger partial charge in [-0.1, -0.05) is 0 Å². The summed E-state index contributed by atoms with van der Waals surface area (Å²) in [5.41, 5.74) is 0. The van der Waals surface area contributed by atoms with E-state index >= 15 is 0 Å². The Balaban J connectivity index is 1.65. The number of nitrogens with zero attached hydrogens (tertiary/aromatic N) is 1. The molecule has 0 spiro atoms. The Kier molecular flexibility index (Phi) is 5.21. The molecule has 2 saturated heterocycles. The third-order valence-electron chi connectivity index (χ3n) is 3.89. The molecule has 0 aromatic rings. The summed E-state index contributed by atoms with van der Waals surface area (Å²) < 4.78 is 59.3. The number of nitrogens with one attached hydrogen (secondary N) is 2. The quantitative estimate of drug-likeness (QED) is 0.772. The third kappa shape index (κ3) is 5.64. The molecule has 2 rings (SSSR count). The summed E-state index contributed by atoms with van der Waals surface area (Å²) in [5.74, 6) is 0.0105.